The molecule has 10 nitrogen and oxygen atoms in total. The average Bonchev–Trinajstić information content (AvgIpc) is 3.91. The second kappa shape index (κ2) is 8.63. The SMILES string of the molecule is C1=CC2(c3cn(-c4ccccc4)nn3)C=CC3(c4cn(-c5ccccc5)nn4)C=CC1(c1cn(-c4ccccc4)nn1)N23. The molecule has 3 aromatic carbocycles. The predicted octanol–water partition coefficient (Wildman–Crippen LogP) is 4.43. The molecule has 0 spiro atoms. The molecule has 3 aromatic heterocycles. The molecule has 0 saturated carbocycles. The lowest BCUT2D eigenvalue weighted by Gasteiger charge is -2.43. The molecule has 6 aromatic rings. The van der Waals surface area contributed by atoms with Gasteiger partial charge in [-0.1, -0.05) is 107 Å². The maximum atomic E-state index is 4.72. The first kappa shape index (κ1) is 23.9. The van der Waals surface area contributed by atoms with E-state index in [-0.39, 0.29) is 0 Å². The van der Waals surface area contributed by atoms with Crippen molar-refractivity contribution in [2.45, 2.75) is 16.6 Å². The van der Waals surface area contributed by atoms with Crippen LogP contribution >= 0.6 is 0 Å². The van der Waals surface area contributed by atoms with Crippen molar-refractivity contribution in [2.75, 3.05) is 0 Å². The van der Waals surface area contributed by atoms with E-state index in [0.717, 1.165) is 34.1 Å². The minimum absolute atomic E-state index is 0.719. The van der Waals surface area contributed by atoms with E-state index in [1.807, 2.05) is 124 Å². The smallest absolute Gasteiger partial charge is 0.111 e. The Kier molecular flexibility index (Phi) is 4.80. The second-order valence-corrected chi connectivity index (χ2v) is 11.0. The second-order valence-electron chi connectivity index (χ2n) is 11.0. The van der Waals surface area contributed by atoms with Gasteiger partial charge in [-0.3, -0.25) is 0 Å². The van der Waals surface area contributed by atoms with Crippen molar-refractivity contribution < 1.29 is 0 Å². The zero-order chi connectivity index (χ0) is 28.5. The van der Waals surface area contributed by atoms with Gasteiger partial charge in [0, 0.05) is 0 Å². The number of aromatic nitrogens is 9. The number of benzene rings is 3. The number of nitrogens with zero attached hydrogens (tertiary/aromatic N) is 10. The highest BCUT2D eigenvalue weighted by Gasteiger charge is 2.66. The first-order valence-electron chi connectivity index (χ1n) is 14.1. The van der Waals surface area contributed by atoms with Crippen molar-refractivity contribution in [1.82, 2.24) is 49.9 Å². The van der Waals surface area contributed by atoms with Gasteiger partial charge < -0.3 is 0 Å². The van der Waals surface area contributed by atoms with Crippen LogP contribution in [0, 0.1) is 0 Å². The van der Waals surface area contributed by atoms with Gasteiger partial charge in [0.2, 0.25) is 0 Å². The summed E-state index contributed by atoms with van der Waals surface area (Å²) in [5, 5.41) is 27.7. The van der Waals surface area contributed by atoms with Crippen LogP contribution < -0.4 is 0 Å². The van der Waals surface area contributed by atoms with Gasteiger partial charge in [-0.25, -0.2) is 18.9 Å². The van der Waals surface area contributed by atoms with E-state index < -0.39 is 16.6 Å². The lowest BCUT2D eigenvalue weighted by molar-refractivity contribution is 0.0621. The van der Waals surface area contributed by atoms with Crippen LogP contribution in [-0.2, 0) is 16.6 Å². The van der Waals surface area contributed by atoms with Crippen molar-refractivity contribution in [1.29, 1.82) is 0 Å². The molecular formula is C33H24N10. The minimum atomic E-state index is -0.719. The molecule has 0 unspecified atom stereocenters. The van der Waals surface area contributed by atoms with E-state index in [9.17, 15) is 0 Å². The van der Waals surface area contributed by atoms with Gasteiger partial charge >= 0.3 is 0 Å². The van der Waals surface area contributed by atoms with Crippen LogP contribution in [0.1, 0.15) is 17.1 Å². The highest BCUT2D eigenvalue weighted by Crippen LogP contribution is 2.62. The summed E-state index contributed by atoms with van der Waals surface area (Å²) in [4.78, 5) is 2.39. The topological polar surface area (TPSA) is 95.4 Å². The molecule has 0 bridgehead atoms. The summed E-state index contributed by atoms with van der Waals surface area (Å²) in [5.74, 6) is 0. The number of para-hydroxylation sites is 3. The maximum Gasteiger partial charge on any atom is 0.111 e. The molecule has 10 heteroatoms. The third-order valence-corrected chi connectivity index (χ3v) is 8.66. The Labute approximate surface area is 246 Å². The van der Waals surface area contributed by atoms with Gasteiger partial charge in [0.1, 0.15) is 33.7 Å². The molecule has 6 heterocycles. The largest absolute Gasteiger partial charge is 0.249 e. The average molecular weight is 561 g/mol. The van der Waals surface area contributed by atoms with Gasteiger partial charge in [-0.05, 0) is 36.4 Å². The van der Waals surface area contributed by atoms with Crippen LogP contribution in [-0.4, -0.2) is 49.9 Å². The predicted molar refractivity (Wildman–Crippen MR) is 158 cm³/mol. The fraction of sp³-hybridized carbons (Fsp3) is 0.0909. The highest BCUT2D eigenvalue weighted by molar-refractivity contribution is 5.58. The maximum absolute atomic E-state index is 4.72. The van der Waals surface area contributed by atoms with Crippen molar-refractivity contribution in [2.24, 2.45) is 0 Å². The van der Waals surface area contributed by atoms with E-state index in [4.69, 9.17) is 15.3 Å². The minimum Gasteiger partial charge on any atom is -0.249 e. The fourth-order valence-corrected chi connectivity index (χ4v) is 6.61. The molecule has 9 rings (SSSR count). The van der Waals surface area contributed by atoms with Crippen molar-refractivity contribution in [3.8, 4) is 17.1 Å². The lowest BCUT2D eigenvalue weighted by atomic mass is 9.92. The van der Waals surface area contributed by atoms with Crippen LogP contribution in [0.5, 0.6) is 0 Å². The Hall–Kier alpha value is -5.74. The first-order valence-corrected chi connectivity index (χ1v) is 14.1. The fourth-order valence-electron chi connectivity index (χ4n) is 6.61. The molecule has 0 aliphatic carbocycles. The first-order chi connectivity index (χ1) is 21.2. The summed E-state index contributed by atoms with van der Waals surface area (Å²) < 4.78 is 5.44. The van der Waals surface area contributed by atoms with Gasteiger partial charge in [0.05, 0.1) is 35.7 Å². The summed E-state index contributed by atoms with van der Waals surface area (Å²) in [6, 6.07) is 30.0. The molecule has 3 aliphatic rings. The van der Waals surface area contributed by atoms with E-state index >= 15 is 0 Å². The standard InChI is InChI=1S/C33H24N10/c1-4-10-25(11-5-1)40-22-28(34-37-40)31-16-18-32(29-23-41(38-35-29)26-12-6-2-7-13-26)20-21-33(19-17-31,43(31)32)30-24-42(39-36-30)27-14-8-3-9-15-27/h1-24H. The monoisotopic (exact) mass is 560 g/mol. The Morgan fingerprint density at radius 2 is 0.651 bits per heavy atom. The zero-order valence-electron chi connectivity index (χ0n) is 22.8. The summed E-state index contributed by atoms with van der Waals surface area (Å²) >= 11 is 0. The quantitative estimate of drug-likeness (QED) is 0.278. The van der Waals surface area contributed by atoms with Crippen LogP contribution in [0.3, 0.4) is 0 Å². The molecule has 0 fully saturated rings. The molecule has 3 aliphatic heterocycles. The van der Waals surface area contributed by atoms with Crippen molar-refractivity contribution in [3.63, 3.8) is 0 Å². The highest BCUT2D eigenvalue weighted by atomic mass is 15.5. The van der Waals surface area contributed by atoms with Crippen LogP contribution in [0.15, 0.2) is 146 Å². The lowest BCUT2D eigenvalue weighted by Crippen LogP contribution is -2.53. The van der Waals surface area contributed by atoms with E-state index in [1.54, 1.807) is 0 Å². The van der Waals surface area contributed by atoms with Gasteiger partial charge in [0.25, 0.3) is 0 Å². The Morgan fingerprint density at radius 3 is 0.930 bits per heavy atom. The molecule has 0 saturated heterocycles. The van der Waals surface area contributed by atoms with E-state index in [0.29, 0.717) is 0 Å². The molecule has 206 valence electrons. The summed E-state index contributed by atoms with van der Waals surface area (Å²) in [5.41, 5.74) is 3.05. The normalized spacial score (nSPS) is 25.1. The number of hydrogen-bond donors (Lipinski definition) is 0. The molecule has 0 atom stereocenters. The summed E-state index contributed by atoms with van der Waals surface area (Å²) in [6.45, 7) is 0. The molecule has 0 N–H and O–H groups in total. The number of hydrogen-bond acceptors (Lipinski definition) is 7. The van der Waals surface area contributed by atoms with Gasteiger partial charge in [-0.15, -0.1) is 15.3 Å². The van der Waals surface area contributed by atoms with Crippen molar-refractivity contribution >= 4 is 0 Å². The summed E-state index contributed by atoms with van der Waals surface area (Å²) in [6.07, 6.45) is 19.1. The van der Waals surface area contributed by atoms with Crippen LogP contribution in [0.25, 0.3) is 17.1 Å². The Balaban J connectivity index is 1.20. The Morgan fingerprint density at radius 1 is 0.372 bits per heavy atom. The van der Waals surface area contributed by atoms with E-state index in [2.05, 4.69) is 57.0 Å². The van der Waals surface area contributed by atoms with Crippen LogP contribution in [0.2, 0.25) is 0 Å². The molecule has 0 amide bonds. The molecule has 43 heavy (non-hydrogen) atoms. The molecule has 0 radical (unpaired) electrons. The number of rotatable bonds is 6. The van der Waals surface area contributed by atoms with E-state index in [1.165, 1.54) is 0 Å². The van der Waals surface area contributed by atoms with Crippen molar-refractivity contribution in [3.05, 3.63) is 163 Å². The zero-order valence-corrected chi connectivity index (χ0v) is 22.8. The van der Waals surface area contributed by atoms with Gasteiger partial charge in [-0.2, -0.15) is 0 Å². The summed E-state index contributed by atoms with van der Waals surface area (Å²) in [7, 11) is 0. The van der Waals surface area contributed by atoms with Crippen LogP contribution in [0.4, 0.5) is 0 Å². The van der Waals surface area contributed by atoms with Gasteiger partial charge in [0.15, 0.2) is 0 Å². The third kappa shape index (κ3) is 3.26. The third-order valence-electron chi connectivity index (χ3n) is 8.66. The Bertz CT molecular complexity index is 1790. The molecular weight excluding hydrogens is 536 g/mol.